The maximum absolute atomic E-state index is 14.9. The molecule has 3 rings (SSSR count). The molecule has 1 aromatic rings. The highest BCUT2D eigenvalue weighted by Gasteiger charge is 2.59. The fourth-order valence-electron chi connectivity index (χ4n) is 3.15. The third kappa shape index (κ3) is 4.29. The lowest BCUT2D eigenvalue weighted by Gasteiger charge is -2.32. The Kier molecular flexibility index (Phi) is 7.31. The highest BCUT2D eigenvalue weighted by molar-refractivity contribution is 6.34. The molecule has 0 aliphatic carbocycles. The molecule has 0 saturated heterocycles. The van der Waals surface area contributed by atoms with Crippen LogP contribution in [0.15, 0.2) is 51.8 Å². The molecule has 0 bridgehead atoms. The number of carbonyl (C=O) groups excluding carboxylic acids is 2. The van der Waals surface area contributed by atoms with Gasteiger partial charge in [0, 0.05) is 16.1 Å². The molecule has 2 aliphatic heterocycles. The number of esters is 2. The van der Waals surface area contributed by atoms with E-state index in [1.54, 1.807) is 13.8 Å². The van der Waals surface area contributed by atoms with Crippen molar-refractivity contribution in [2.75, 3.05) is 13.2 Å². The number of halogens is 3. The number of nitrogens with zero attached hydrogens (tertiary/aromatic N) is 4. The van der Waals surface area contributed by atoms with Crippen LogP contribution in [0.4, 0.5) is 4.39 Å². The van der Waals surface area contributed by atoms with Crippen LogP contribution in [-0.4, -0.2) is 53.4 Å². The molecule has 0 saturated carbocycles. The van der Waals surface area contributed by atoms with Gasteiger partial charge in [0.05, 0.1) is 24.5 Å². The van der Waals surface area contributed by atoms with E-state index in [4.69, 9.17) is 37.6 Å². The van der Waals surface area contributed by atoms with Crippen LogP contribution < -0.4 is 0 Å². The summed E-state index contributed by atoms with van der Waals surface area (Å²) < 4.78 is 30.1. The Morgan fingerprint density at radius 2 is 1.91 bits per heavy atom. The SMILES string of the molecule is C=CCC(OC1=C(c2c(F)cccc2Cl)C=NC2=NC=N[N+]21Cl)(C(=O)OCC)C(=O)OCC. The van der Waals surface area contributed by atoms with Crippen LogP contribution in [0.5, 0.6) is 0 Å². The highest BCUT2D eigenvalue weighted by atomic mass is 35.5. The van der Waals surface area contributed by atoms with Crippen molar-refractivity contribution in [2.24, 2.45) is 15.1 Å². The van der Waals surface area contributed by atoms with Crippen molar-refractivity contribution in [1.82, 2.24) is 0 Å². The minimum absolute atomic E-state index is 0.00553. The van der Waals surface area contributed by atoms with Gasteiger partial charge in [0.1, 0.15) is 11.4 Å². The molecule has 12 heteroatoms. The van der Waals surface area contributed by atoms with Gasteiger partial charge in [-0.2, -0.15) is 9.98 Å². The van der Waals surface area contributed by atoms with Crippen molar-refractivity contribution < 1.29 is 32.3 Å². The van der Waals surface area contributed by atoms with Gasteiger partial charge in [-0.3, -0.25) is 0 Å². The molecule has 0 fully saturated rings. The summed E-state index contributed by atoms with van der Waals surface area (Å²) in [5.41, 5.74) is -2.55. The van der Waals surface area contributed by atoms with Crippen molar-refractivity contribution in [3.8, 4) is 0 Å². The molecular weight excluding hydrogens is 478 g/mol. The summed E-state index contributed by atoms with van der Waals surface area (Å²) in [7, 11) is 0. The summed E-state index contributed by atoms with van der Waals surface area (Å²) in [4.78, 5) is 34.2. The van der Waals surface area contributed by atoms with E-state index < -0.39 is 27.5 Å². The maximum Gasteiger partial charge on any atom is 0.384 e. The van der Waals surface area contributed by atoms with Gasteiger partial charge in [-0.15, -0.1) is 6.58 Å². The summed E-state index contributed by atoms with van der Waals surface area (Å²) in [5.74, 6) is -3.25. The molecular formula is C21H20Cl2FN4O5+. The largest absolute Gasteiger partial charge is 0.463 e. The number of benzene rings is 1. The maximum atomic E-state index is 14.9. The molecule has 9 nitrogen and oxygen atoms in total. The first kappa shape index (κ1) is 24.6. The zero-order valence-corrected chi connectivity index (χ0v) is 19.3. The van der Waals surface area contributed by atoms with E-state index in [2.05, 4.69) is 21.7 Å². The lowest BCUT2D eigenvalue weighted by atomic mass is 9.98. The average molecular weight is 498 g/mol. The van der Waals surface area contributed by atoms with E-state index in [-0.39, 0.29) is 47.6 Å². The van der Waals surface area contributed by atoms with Crippen LogP contribution in [0.1, 0.15) is 25.8 Å². The summed E-state index contributed by atoms with van der Waals surface area (Å²) >= 11 is 12.9. The summed E-state index contributed by atoms with van der Waals surface area (Å²) in [6.07, 6.45) is 3.25. The normalized spacial score (nSPS) is 19.1. The Labute approximate surface area is 199 Å². The third-order valence-corrected chi connectivity index (χ3v) is 5.31. The lowest BCUT2D eigenvalue weighted by molar-refractivity contribution is -0.703. The Hall–Kier alpha value is -3.08. The van der Waals surface area contributed by atoms with Crippen molar-refractivity contribution in [1.29, 1.82) is 0 Å². The number of quaternary nitrogens is 1. The number of hydrogen-bond donors (Lipinski definition) is 0. The summed E-state index contributed by atoms with van der Waals surface area (Å²) in [6.45, 7) is 6.61. The van der Waals surface area contributed by atoms with Crippen molar-refractivity contribution >= 4 is 59.4 Å². The van der Waals surface area contributed by atoms with Gasteiger partial charge in [-0.1, -0.05) is 23.7 Å². The average Bonchev–Trinajstić information content (AvgIpc) is 3.16. The molecule has 2 aliphatic rings. The zero-order chi connectivity index (χ0) is 24.2. The van der Waals surface area contributed by atoms with Crippen molar-refractivity contribution in [2.45, 2.75) is 25.9 Å². The monoisotopic (exact) mass is 497 g/mol. The predicted octanol–water partition coefficient (Wildman–Crippen LogP) is 3.97. The topological polar surface area (TPSA) is 98.9 Å². The highest BCUT2D eigenvalue weighted by Crippen LogP contribution is 2.42. The molecule has 1 atom stereocenters. The third-order valence-electron chi connectivity index (χ3n) is 4.60. The van der Waals surface area contributed by atoms with Gasteiger partial charge in [0.15, 0.2) is 6.34 Å². The Morgan fingerprint density at radius 3 is 2.48 bits per heavy atom. The van der Waals surface area contributed by atoms with Crippen LogP contribution in [-0.2, 0) is 23.8 Å². The molecule has 2 heterocycles. The molecule has 0 N–H and O–H groups in total. The Balaban J connectivity index is 2.31. The number of allylic oxidation sites excluding steroid dienone is 1. The van der Waals surface area contributed by atoms with E-state index in [9.17, 15) is 14.0 Å². The van der Waals surface area contributed by atoms with Crippen molar-refractivity contribution in [3.05, 3.63) is 53.1 Å². The number of carbonyl (C=O) groups is 2. The molecule has 0 amide bonds. The van der Waals surface area contributed by atoms with E-state index in [1.807, 2.05) is 0 Å². The van der Waals surface area contributed by atoms with Crippen LogP contribution in [0.25, 0.3) is 5.57 Å². The first-order valence-electron chi connectivity index (χ1n) is 9.84. The fraction of sp³-hybridized carbons (Fsp3) is 0.286. The van der Waals surface area contributed by atoms with Crippen molar-refractivity contribution in [3.63, 3.8) is 0 Å². The van der Waals surface area contributed by atoms with Crippen LogP contribution in [0.2, 0.25) is 5.02 Å². The second kappa shape index (κ2) is 9.82. The number of fused-ring (bicyclic) bond motifs is 1. The van der Waals surface area contributed by atoms with Crippen LogP contribution >= 0.6 is 23.4 Å². The number of hydrogen-bond acceptors (Lipinski definition) is 8. The molecule has 1 unspecified atom stereocenters. The van der Waals surface area contributed by atoms with Gasteiger partial charge < -0.3 is 14.2 Å². The standard InChI is InChI=1S/C21H20Cl2FN4O5/c1-4-10-21(18(29)31-5-2,19(30)32-6-3)33-17-13(16-14(22)8-7-9-15(16)24)11-25-20-26-12-27-28(17,20)23/h4,7-9,11-12H,1,5-6,10H2,2-3H3/q+1. The second-order valence-corrected chi connectivity index (χ2v) is 7.55. The molecule has 0 spiro atoms. The zero-order valence-electron chi connectivity index (χ0n) is 17.8. The summed E-state index contributed by atoms with van der Waals surface area (Å²) in [5, 5.41) is 4.05. The Bertz CT molecular complexity index is 1080. The van der Waals surface area contributed by atoms with E-state index in [1.165, 1.54) is 30.5 Å². The number of aliphatic imine (C=N–C) groups is 2. The lowest BCUT2D eigenvalue weighted by Crippen LogP contribution is -2.54. The first-order valence-corrected chi connectivity index (χ1v) is 10.6. The van der Waals surface area contributed by atoms with Gasteiger partial charge in [0.25, 0.3) is 0 Å². The second-order valence-electron chi connectivity index (χ2n) is 6.65. The van der Waals surface area contributed by atoms with Gasteiger partial charge in [0.2, 0.25) is 11.8 Å². The van der Waals surface area contributed by atoms with E-state index in [0.717, 1.165) is 6.34 Å². The molecule has 33 heavy (non-hydrogen) atoms. The van der Waals surface area contributed by atoms with Crippen LogP contribution in [0.3, 0.4) is 0 Å². The number of guanidine groups is 1. The molecule has 1 aromatic carbocycles. The minimum Gasteiger partial charge on any atom is -0.463 e. The molecule has 174 valence electrons. The molecule has 0 radical (unpaired) electrons. The van der Waals surface area contributed by atoms with Crippen LogP contribution in [0, 0.1) is 5.82 Å². The molecule has 0 aromatic heterocycles. The predicted molar refractivity (Wildman–Crippen MR) is 121 cm³/mol. The number of ether oxygens (including phenoxy) is 3. The van der Waals surface area contributed by atoms with E-state index in [0.29, 0.717) is 0 Å². The number of rotatable bonds is 9. The Morgan fingerprint density at radius 1 is 1.24 bits per heavy atom. The van der Waals surface area contributed by atoms with E-state index >= 15 is 0 Å². The minimum atomic E-state index is -2.36. The van der Waals surface area contributed by atoms with Gasteiger partial charge in [-0.05, 0) is 31.1 Å². The van der Waals surface area contributed by atoms with Gasteiger partial charge in [-0.25, -0.2) is 14.0 Å². The fourth-order valence-corrected chi connectivity index (χ4v) is 3.66. The van der Waals surface area contributed by atoms with Gasteiger partial charge >= 0.3 is 29.4 Å². The quantitative estimate of drug-likeness (QED) is 0.222. The first-order chi connectivity index (χ1) is 15.7. The summed E-state index contributed by atoms with van der Waals surface area (Å²) in [6, 6.07) is 4.03. The smallest absolute Gasteiger partial charge is 0.384 e.